The van der Waals surface area contributed by atoms with Gasteiger partial charge in [-0.25, -0.2) is 0 Å². The van der Waals surface area contributed by atoms with Gasteiger partial charge in [0.05, 0.1) is 0 Å². The lowest BCUT2D eigenvalue weighted by Crippen LogP contribution is -1.87. The number of nitrogens with zero attached hydrogens (tertiary/aromatic N) is 1. The SMILES string of the molecule is C=C(CC)c1cnccc1C. The molecule has 1 heterocycles. The predicted octanol–water partition coefficient (Wildman–Crippen LogP) is 2.81. The second-order valence-electron chi connectivity index (χ2n) is 2.65. The van der Waals surface area contributed by atoms with E-state index < -0.39 is 0 Å². The lowest BCUT2D eigenvalue weighted by atomic mass is 10.0. The molecule has 11 heavy (non-hydrogen) atoms. The van der Waals surface area contributed by atoms with Gasteiger partial charge < -0.3 is 0 Å². The van der Waals surface area contributed by atoms with Gasteiger partial charge in [0.25, 0.3) is 0 Å². The Morgan fingerprint density at radius 3 is 2.91 bits per heavy atom. The van der Waals surface area contributed by atoms with Crippen molar-refractivity contribution in [3.63, 3.8) is 0 Å². The fourth-order valence-electron chi connectivity index (χ4n) is 1.02. The van der Waals surface area contributed by atoms with Crippen molar-refractivity contribution in [3.8, 4) is 0 Å². The summed E-state index contributed by atoms with van der Waals surface area (Å²) in [4.78, 5) is 4.05. The molecule has 0 amide bonds. The van der Waals surface area contributed by atoms with Crippen LogP contribution in [0.2, 0.25) is 0 Å². The first-order valence-electron chi connectivity index (χ1n) is 3.84. The number of pyridine rings is 1. The summed E-state index contributed by atoms with van der Waals surface area (Å²) in [5, 5.41) is 0. The molecule has 0 saturated heterocycles. The minimum atomic E-state index is 0.993. The maximum atomic E-state index is 4.05. The molecule has 0 aromatic carbocycles. The molecule has 0 aliphatic rings. The predicted molar refractivity (Wildman–Crippen MR) is 48.3 cm³/mol. The molecule has 58 valence electrons. The monoisotopic (exact) mass is 147 g/mol. The Morgan fingerprint density at radius 1 is 1.64 bits per heavy atom. The summed E-state index contributed by atoms with van der Waals surface area (Å²) in [5.41, 5.74) is 3.61. The molecule has 0 radical (unpaired) electrons. The average Bonchev–Trinajstić information content (AvgIpc) is 2.04. The van der Waals surface area contributed by atoms with Crippen LogP contribution < -0.4 is 0 Å². The van der Waals surface area contributed by atoms with Crippen molar-refractivity contribution in [2.24, 2.45) is 0 Å². The van der Waals surface area contributed by atoms with Crippen LogP contribution in [0.15, 0.2) is 25.0 Å². The van der Waals surface area contributed by atoms with Gasteiger partial charge in [0, 0.05) is 12.4 Å². The van der Waals surface area contributed by atoms with E-state index in [0.717, 1.165) is 12.0 Å². The van der Waals surface area contributed by atoms with E-state index in [1.165, 1.54) is 11.1 Å². The van der Waals surface area contributed by atoms with Crippen molar-refractivity contribution in [2.75, 3.05) is 0 Å². The number of rotatable bonds is 2. The summed E-state index contributed by atoms with van der Waals surface area (Å²) in [7, 11) is 0. The van der Waals surface area contributed by atoms with Gasteiger partial charge in [-0.1, -0.05) is 13.5 Å². The first-order valence-corrected chi connectivity index (χ1v) is 3.84. The highest BCUT2D eigenvalue weighted by Gasteiger charge is 1.98. The lowest BCUT2D eigenvalue weighted by molar-refractivity contribution is 1.19. The number of allylic oxidation sites excluding steroid dienone is 1. The van der Waals surface area contributed by atoms with Gasteiger partial charge in [0.15, 0.2) is 0 Å². The van der Waals surface area contributed by atoms with Gasteiger partial charge in [-0.2, -0.15) is 0 Å². The van der Waals surface area contributed by atoms with Crippen LogP contribution in [0.3, 0.4) is 0 Å². The fourth-order valence-corrected chi connectivity index (χ4v) is 1.02. The van der Waals surface area contributed by atoms with E-state index in [2.05, 4.69) is 25.4 Å². The summed E-state index contributed by atoms with van der Waals surface area (Å²) < 4.78 is 0. The molecule has 0 spiro atoms. The van der Waals surface area contributed by atoms with E-state index in [9.17, 15) is 0 Å². The van der Waals surface area contributed by atoms with Gasteiger partial charge in [0.1, 0.15) is 0 Å². The van der Waals surface area contributed by atoms with E-state index in [4.69, 9.17) is 0 Å². The molecule has 0 saturated carbocycles. The highest BCUT2D eigenvalue weighted by atomic mass is 14.6. The van der Waals surface area contributed by atoms with Gasteiger partial charge in [0.2, 0.25) is 0 Å². The van der Waals surface area contributed by atoms with E-state index in [0.29, 0.717) is 0 Å². The number of aromatic nitrogens is 1. The highest BCUT2D eigenvalue weighted by molar-refractivity contribution is 5.64. The normalized spacial score (nSPS) is 9.64. The van der Waals surface area contributed by atoms with Gasteiger partial charge in [-0.05, 0) is 36.1 Å². The van der Waals surface area contributed by atoms with Gasteiger partial charge in [-0.3, -0.25) is 4.98 Å². The van der Waals surface area contributed by atoms with Crippen LogP contribution in [0.25, 0.3) is 5.57 Å². The van der Waals surface area contributed by atoms with E-state index in [-0.39, 0.29) is 0 Å². The molecule has 1 aromatic heterocycles. The van der Waals surface area contributed by atoms with E-state index in [1.54, 1.807) is 0 Å². The van der Waals surface area contributed by atoms with Crippen molar-refractivity contribution >= 4 is 5.57 Å². The zero-order valence-corrected chi connectivity index (χ0v) is 7.09. The lowest BCUT2D eigenvalue weighted by Gasteiger charge is -2.04. The Kier molecular flexibility index (Phi) is 2.42. The summed E-state index contributed by atoms with van der Waals surface area (Å²) >= 11 is 0. The van der Waals surface area contributed by atoms with E-state index >= 15 is 0 Å². The van der Waals surface area contributed by atoms with Crippen LogP contribution in [-0.2, 0) is 0 Å². The largest absolute Gasteiger partial charge is 0.264 e. The first kappa shape index (κ1) is 7.99. The first-order chi connectivity index (χ1) is 5.25. The molecule has 1 heteroatoms. The van der Waals surface area contributed by atoms with Crippen molar-refractivity contribution < 1.29 is 0 Å². The molecule has 0 aliphatic heterocycles. The van der Waals surface area contributed by atoms with Crippen LogP contribution >= 0.6 is 0 Å². The maximum Gasteiger partial charge on any atom is 0.0345 e. The van der Waals surface area contributed by atoms with Crippen molar-refractivity contribution in [1.29, 1.82) is 0 Å². The van der Waals surface area contributed by atoms with Crippen LogP contribution in [-0.4, -0.2) is 4.98 Å². The van der Waals surface area contributed by atoms with Crippen molar-refractivity contribution in [2.45, 2.75) is 20.3 Å². The highest BCUT2D eigenvalue weighted by Crippen LogP contribution is 2.17. The molecule has 0 atom stereocenters. The third kappa shape index (κ3) is 1.67. The van der Waals surface area contributed by atoms with E-state index in [1.807, 2.05) is 18.5 Å². The molecule has 1 aromatic rings. The van der Waals surface area contributed by atoms with Crippen LogP contribution in [0, 0.1) is 6.92 Å². The van der Waals surface area contributed by atoms with Crippen LogP contribution in [0.1, 0.15) is 24.5 Å². The Bertz CT molecular complexity index is 263. The molecule has 0 N–H and O–H groups in total. The molecule has 0 aliphatic carbocycles. The summed E-state index contributed by atoms with van der Waals surface area (Å²) in [6.45, 7) is 8.15. The standard InChI is InChI=1S/C10H13N/c1-4-8(2)10-7-11-6-5-9(10)3/h5-7H,2,4H2,1,3H3. The zero-order chi connectivity index (χ0) is 8.27. The topological polar surface area (TPSA) is 12.9 Å². The fraction of sp³-hybridized carbons (Fsp3) is 0.300. The molecule has 0 unspecified atom stereocenters. The summed E-state index contributed by atoms with van der Waals surface area (Å²) in [5.74, 6) is 0. The molecule has 0 bridgehead atoms. The van der Waals surface area contributed by atoms with Gasteiger partial charge in [-0.15, -0.1) is 0 Å². The Balaban J connectivity index is 3.03. The molecular weight excluding hydrogens is 134 g/mol. The second kappa shape index (κ2) is 3.33. The number of aryl methyl sites for hydroxylation is 1. The number of hydrogen-bond acceptors (Lipinski definition) is 1. The third-order valence-electron chi connectivity index (χ3n) is 1.85. The quantitative estimate of drug-likeness (QED) is 0.626. The average molecular weight is 147 g/mol. The summed E-state index contributed by atoms with van der Waals surface area (Å²) in [6, 6.07) is 2.01. The molecule has 1 nitrogen and oxygen atoms in total. The minimum absolute atomic E-state index is 0.993. The smallest absolute Gasteiger partial charge is 0.0345 e. The number of hydrogen-bond donors (Lipinski definition) is 0. The Morgan fingerprint density at radius 2 is 2.36 bits per heavy atom. The third-order valence-corrected chi connectivity index (χ3v) is 1.85. The van der Waals surface area contributed by atoms with Gasteiger partial charge >= 0.3 is 0 Å². The summed E-state index contributed by atoms with van der Waals surface area (Å²) in [6.07, 6.45) is 4.68. The Hall–Kier alpha value is -1.11. The van der Waals surface area contributed by atoms with Crippen LogP contribution in [0.5, 0.6) is 0 Å². The second-order valence-corrected chi connectivity index (χ2v) is 2.65. The van der Waals surface area contributed by atoms with Crippen molar-refractivity contribution in [3.05, 3.63) is 36.2 Å². The maximum absolute atomic E-state index is 4.05. The molecule has 0 fully saturated rings. The molecular formula is C10H13N. The Labute approximate surface area is 67.8 Å². The van der Waals surface area contributed by atoms with Crippen molar-refractivity contribution in [1.82, 2.24) is 4.98 Å². The zero-order valence-electron chi connectivity index (χ0n) is 7.09. The molecule has 1 rings (SSSR count). The minimum Gasteiger partial charge on any atom is -0.264 e. The van der Waals surface area contributed by atoms with Crippen LogP contribution in [0.4, 0.5) is 0 Å².